The number of hydrogen-bond donors (Lipinski definition) is 1. The Morgan fingerprint density at radius 1 is 1.32 bits per heavy atom. The second-order valence-electron chi connectivity index (χ2n) is 6.22. The van der Waals surface area contributed by atoms with Crippen molar-refractivity contribution in [3.8, 4) is 0 Å². The number of rotatable bonds is 10. The molecule has 1 fully saturated rings. The molecule has 1 saturated heterocycles. The van der Waals surface area contributed by atoms with Crippen molar-refractivity contribution in [2.45, 2.75) is 51.9 Å². The monoisotopic (exact) mass is 270 g/mol. The summed E-state index contributed by atoms with van der Waals surface area (Å²) in [5.74, 6) is 1.61. The molecule has 19 heavy (non-hydrogen) atoms. The van der Waals surface area contributed by atoms with Crippen LogP contribution in [-0.4, -0.2) is 44.8 Å². The first kappa shape index (κ1) is 16.9. The second kappa shape index (κ2) is 10.6. The van der Waals surface area contributed by atoms with E-state index in [1.165, 1.54) is 58.0 Å². The van der Waals surface area contributed by atoms with E-state index in [0.29, 0.717) is 0 Å². The SMILES string of the molecule is CCCC(CCN)CCCN(C)CC1CCCOC1. The van der Waals surface area contributed by atoms with Gasteiger partial charge >= 0.3 is 0 Å². The molecule has 0 spiro atoms. The van der Waals surface area contributed by atoms with Gasteiger partial charge in [0.2, 0.25) is 0 Å². The van der Waals surface area contributed by atoms with E-state index in [0.717, 1.165) is 31.6 Å². The molecular weight excluding hydrogens is 236 g/mol. The molecular formula is C16H34N2O. The second-order valence-corrected chi connectivity index (χ2v) is 6.22. The van der Waals surface area contributed by atoms with E-state index in [-0.39, 0.29) is 0 Å². The number of hydrogen-bond acceptors (Lipinski definition) is 3. The Morgan fingerprint density at radius 3 is 2.79 bits per heavy atom. The summed E-state index contributed by atoms with van der Waals surface area (Å²) in [6.07, 6.45) is 9.08. The van der Waals surface area contributed by atoms with E-state index in [1.54, 1.807) is 0 Å². The van der Waals surface area contributed by atoms with Crippen molar-refractivity contribution in [3.05, 3.63) is 0 Å². The predicted molar refractivity (Wildman–Crippen MR) is 82.3 cm³/mol. The van der Waals surface area contributed by atoms with Gasteiger partial charge in [-0.15, -0.1) is 0 Å². The fraction of sp³-hybridized carbons (Fsp3) is 1.00. The van der Waals surface area contributed by atoms with Crippen LogP contribution in [0.4, 0.5) is 0 Å². The Hall–Kier alpha value is -0.120. The highest BCUT2D eigenvalue weighted by molar-refractivity contribution is 4.68. The van der Waals surface area contributed by atoms with Crippen LogP contribution in [0, 0.1) is 11.8 Å². The summed E-state index contributed by atoms with van der Waals surface area (Å²) in [5, 5.41) is 0. The van der Waals surface area contributed by atoms with E-state index in [1.807, 2.05) is 0 Å². The Kier molecular flexibility index (Phi) is 9.48. The van der Waals surface area contributed by atoms with Gasteiger partial charge in [0.05, 0.1) is 6.61 Å². The fourth-order valence-corrected chi connectivity index (χ4v) is 3.21. The van der Waals surface area contributed by atoms with Gasteiger partial charge in [0.15, 0.2) is 0 Å². The summed E-state index contributed by atoms with van der Waals surface area (Å²) in [6.45, 7) is 7.49. The Labute approximate surface area is 119 Å². The van der Waals surface area contributed by atoms with Gasteiger partial charge in [-0.2, -0.15) is 0 Å². The van der Waals surface area contributed by atoms with Crippen LogP contribution >= 0.6 is 0 Å². The van der Waals surface area contributed by atoms with E-state index < -0.39 is 0 Å². The summed E-state index contributed by atoms with van der Waals surface area (Å²) < 4.78 is 5.55. The van der Waals surface area contributed by atoms with Crippen molar-refractivity contribution in [3.63, 3.8) is 0 Å². The van der Waals surface area contributed by atoms with Gasteiger partial charge in [0, 0.05) is 13.2 Å². The highest BCUT2D eigenvalue weighted by Crippen LogP contribution is 2.18. The van der Waals surface area contributed by atoms with Crippen LogP contribution in [0.5, 0.6) is 0 Å². The molecule has 3 heteroatoms. The molecule has 2 unspecified atom stereocenters. The predicted octanol–water partition coefficient (Wildman–Crippen LogP) is 2.89. The van der Waals surface area contributed by atoms with E-state index >= 15 is 0 Å². The zero-order valence-corrected chi connectivity index (χ0v) is 13.1. The van der Waals surface area contributed by atoms with Crippen LogP contribution in [-0.2, 0) is 4.74 Å². The fourth-order valence-electron chi connectivity index (χ4n) is 3.21. The maximum Gasteiger partial charge on any atom is 0.0506 e. The Bertz CT molecular complexity index is 199. The number of ether oxygens (including phenoxy) is 1. The standard InChI is InChI=1S/C16H34N2O/c1-3-6-15(9-10-17)7-4-11-18(2)13-16-8-5-12-19-14-16/h15-16H,3-14,17H2,1-2H3. The summed E-state index contributed by atoms with van der Waals surface area (Å²) >= 11 is 0. The van der Waals surface area contributed by atoms with Crippen molar-refractivity contribution in [1.82, 2.24) is 4.90 Å². The van der Waals surface area contributed by atoms with Gasteiger partial charge in [0.1, 0.15) is 0 Å². The minimum Gasteiger partial charge on any atom is -0.381 e. The van der Waals surface area contributed by atoms with Crippen LogP contribution in [0.3, 0.4) is 0 Å². The largest absolute Gasteiger partial charge is 0.381 e. The smallest absolute Gasteiger partial charge is 0.0506 e. The third-order valence-corrected chi connectivity index (χ3v) is 4.25. The lowest BCUT2D eigenvalue weighted by Gasteiger charge is -2.27. The van der Waals surface area contributed by atoms with Crippen LogP contribution in [0.2, 0.25) is 0 Å². The minimum absolute atomic E-state index is 0.759. The van der Waals surface area contributed by atoms with Crippen LogP contribution in [0.25, 0.3) is 0 Å². The van der Waals surface area contributed by atoms with Crippen LogP contribution in [0.1, 0.15) is 51.9 Å². The normalized spacial score (nSPS) is 21.8. The lowest BCUT2D eigenvalue weighted by atomic mass is 9.94. The maximum atomic E-state index is 5.69. The molecule has 0 aliphatic carbocycles. The van der Waals surface area contributed by atoms with Gasteiger partial charge in [-0.25, -0.2) is 0 Å². The molecule has 2 N–H and O–H groups in total. The van der Waals surface area contributed by atoms with Gasteiger partial charge in [0.25, 0.3) is 0 Å². The number of nitrogens with two attached hydrogens (primary N) is 1. The third-order valence-electron chi connectivity index (χ3n) is 4.25. The molecule has 2 atom stereocenters. The van der Waals surface area contributed by atoms with Gasteiger partial charge < -0.3 is 15.4 Å². The molecule has 0 amide bonds. The molecule has 1 rings (SSSR count). The zero-order chi connectivity index (χ0) is 13.9. The first-order valence-electron chi connectivity index (χ1n) is 8.22. The maximum absolute atomic E-state index is 5.69. The molecule has 3 nitrogen and oxygen atoms in total. The average Bonchev–Trinajstić information content (AvgIpc) is 2.40. The molecule has 0 aromatic carbocycles. The molecule has 0 aromatic rings. The molecule has 1 aliphatic heterocycles. The zero-order valence-electron chi connectivity index (χ0n) is 13.1. The molecule has 114 valence electrons. The molecule has 0 aromatic heterocycles. The van der Waals surface area contributed by atoms with Crippen molar-refractivity contribution >= 4 is 0 Å². The summed E-state index contributed by atoms with van der Waals surface area (Å²) in [5.41, 5.74) is 5.69. The summed E-state index contributed by atoms with van der Waals surface area (Å²) in [6, 6.07) is 0. The van der Waals surface area contributed by atoms with Crippen molar-refractivity contribution in [2.24, 2.45) is 17.6 Å². The topological polar surface area (TPSA) is 38.5 Å². The van der Waals surface area contributed by atoms with Gasteiger partial charge in [-0.05, 0) is 64.1 Å². The van der Waals surface area contributed by atoms with Crippen LogP contribution in [0.15, 0.2) is 0 Å². The van der Waals surface area contributed by atoms with Crippen molar-refractivity contribution in [1.29, 1.82) is 0 Å². The van der Waals surface area contributed by atoms with Crippen LogP contribution < -0.4 is 5.73 Å². The molecule has 0 radical (unpaired) electrons. The lowest BCUT2D eigenvalue weighted by Crippen LogP contribution is -2.31. The van der Waals surface area contributed by atoms with Crippen molar-refractivity contribution < 1.29 is 4.74 Å². The minimum atomic E-state index is 0.759. The van der Waals surface area contributed by atoms with E-state index in [2.05, 4.69) is 18.9 Å². The summed E-state index contributed by atoms with van der Waals surface area (Å²) in [7, 11) is 2.26. The Morgan fingerprint density at radius 2 is 2.16 bits per heavy atom. The van der Waals surface area contributed by atoms with Crippen molar-refractivity contribution in [2.75, 3.05) is 39.9 Å². The summed E-state index contributed by atoms with van der Waals surface area (Å²) in [4.78, 5) is 2.49. The average molecular weight is 270 g/mol. The first-order valence-corrected chi connectivity index (χ1v) is 8.22. The highest BCUT2D eigenvalue weighted by atomic mass is 16.5. The first-order chi connectivity index (χ1) is 9.26. The third kappa shape index (κ3) is 7.91. The van der Waals surface area contributed by atoms with Gasteiger partial charge in [-0.3, -0.25) is 0 Å². The lowest BCUT2D eigenvalue weighted by molar-refractivity contribution is 0.0417. The molecule has 1 heterocycles. The number of nitrogens with zero attached hydrogens (tertiary/aromatic N) is 1. The quantitative estimate of drug-likeness (QED) is 0.663. The van der Waals surface area contributed by atoms with E-state index in [9.17, 15) is 0 Å². The molecule has 0 saturated carbocycles. The molecule has 1 aliphatic rings. The Balaban J connectivity index is 2.09. The van der Waals surface area contributed by atoms with E-state index in [4.69, 9.17) is 10.5 Å². The molecule has 0 bridgehead atoms. The van der Waals surface area contributed by atoms with Gasteiger partial charge in [-0.1, -0.05) is 19.8 Å². The highest BCUT2D eigenvalue weighted by Gasteiger charge is 2.16.